The van der Waals surface area contributed by atoms with Gasteiger partial charge in [-0.05, 0) is 12.1 Å². The molecule has 3 aromatic rings. The number of nitrogens with one attached hydrogen (secondary N) is 1. The summed E-state index contributed by atoms with van der Waals surface area (Å²) >= 11 is 1.13. The van der Waals surface area contributed by atoms with Gasteiger partial charge in [0.2, 0.25) is 0 Å². The highest BCUT2D eigenvalue weighted by Crippen LogP contribution is 2.22. The lowest BCUT2D eigenvalue weighted by atomic mass is 10.3. The fraction of sp³-hybridized carbons (Fsp3) is 0.333. The van der Waals surface area contributed by atoms with E-state index < -0.39 is 23.3 Å². The number of ether oxygens (including phenoxy) is 1. The molecule has 0 fully saturated rings. The number of benzene rings is 1. The minimum Gasteiger partial charge on any atom is -0.491 e. The fourth-order valence-corrected chi connectivity index (χ4v) is 3.63. The van der Waals surface area contributed by atoms with E-state index in [4.69, 9.17) is 9.84 Å². The van der Waals surface area contributed by atoms with Gasteiger partial charge in [-0.2, -0.15) is 0 Å². The number of aromatic amines is 1. The van der Waals surface area contributed by atoms with Crippen LogP contribution in [-0.4, -0.2) is 53.7 Å². The number of hydrogen-bond acceptors (Lipinski definition) is 7. The number of H-pyrrole nitrogens is 1. The van der Waals surface area contributed by atoms with Crippen molar-refractivity contribution in [3.8, 4) is 5.75 Å². The van der Waals surface area contributed by atoms with E-state index in [1.807, 2.05) is 18.2 Å². The van der Waals surface area contributed by atoms with E-state index in [0.717, 1.165) is 11.8 Å². The van der Waals surface area contributed by atoms with Crippen molar-refractivity contribution >= 4 is 28.9 Å². The number of aliphatic carboxylic acids is 1. The second-order valence-corrected chi connectivity index (χ2v) is 7.33. The van der Waals surface area contributed by atoms with Gasteiger partial charge in [0.1, 0.15) is 18.5 Å². The zero-order valence-corrected chi connectivity index (χ0v) is 16.4. The predicted octanol–water partition coefficient (Wildman–Crippen LogP) is 0.430. The smallest absolute Gasteiger partial charge is 0.329 e. The molecule has 29 heavy (non-hydrogen) atoms. The number of imidazole rings is 1. The van der Waals surface area contributed by atoms with Gasteiger partial charge in [0.25, 0.3) is 5.56 Å². The number of carbonyl (C=O) groups is 1. The average molecular weight is 420 g/mol. The quantitative estimate of drug-likeness (QED) is 0.424. The highest BCUT2D eigenvalue weighted by Gasteiger charge is 2.20. The van der Waals surface area contributed by atoms with E-state index >= 15 is 0 Å². The zero-order valence-electron chi connectivity index (χ0n) is 15.6. The lowest BCUT2D eigenvalue weighted by molar-refractivity contribution is -0.136. The highest BCUT2D eigenvalue weighted by atomic mass is 32.2. The molecule has 2 aromatic heterocycles. The zero-order chi connectivity index (χ0) is 21.0. The van der Waals surface area contributed by atoms with E-state index in [1.165, 1.54) is 16.2 Å². The molecule has 2 heterocycles. The molecule has 0 bridgehead atoms. The molecule has 3 N–H and O–H groups in total. The number of hydrogen-bond donors (Lipinski definition) is 3. The summed E-state index contributed by atoms with van der Waals surface area (Å²) in [4.78, 5) is 41.6. The molecule has 11 heteroatoms. The number of carboxylic acids is 1. The van der Waals surface area contributed by atoms with Crippen LogP contribution < -0.4 is 16.0 Å². The molecule has 10 nitrogen and oxygen atoms in total. The largest absolute Gasteiger partial charge is 0.491 e. The van der Waals surface area contributed by atoms with Crippen LogP contribution in [0.25, 0.3) is 11.2 Å². The minimum absolute atomic E-state index is 0.0139. The summed E-state index contributed by atoms with van der Waals surface area (Å²) in [6, 6.07) is 8.97. The molecule has 0 radical (unpaired) electrons. The first kappa shape index (κ1) is 20.7. The number of rotatable bonds is 9. The number of thioether (sulfide) groups is 1. The molecule has 0 saturated carbocycles. The molecule has 1 aromatic carbocycles. The first-order valence-electron chi connectivity index (χ1n) is 8.77. The summed E-state index contributed by atoms with van der Waals surface area (Å²) < 4.78 is 8.23. The van der Waals surface area contributed by atoms with Crippen LogP contribution in [-0.2, 0) is 18.4 Å². The van der Waals surface area contributed by atoms with Gasteiger partial charge in [-0.25, -0.2) is 9.78 Å². The van der Waals surface area contributed by atoms with Crippen molar-refractivity contribution in [1.82, 2.24) is 19.1 Å². The minimum atomic E-state index is -0.969. The van der Waals surface area contributed by atoms with E-state index in [2.05, 4.69) is 9.97 Å². The van der Waals surface area contributed by atoms with Gasteiger partial charge in [0, 0.05) is 12.8 Å². The summed E-state index contributed by atoms with van der Waals surface area (Å²) in [7, 11) is 1.47. The SMILES string of the molecule is Cn1c(=O)[nH]c(=O)c2c1nc(SCCC(=O)O)n2CC(O)COc1ccccc1. The van der Waals surface area contributed by atoms with Gasteiger partial charge in [-0.3, -0.25) is 19.1 Å². The van der Waals surface area contributed by atoms with Crippen LogP contribution >= 0.6 is 11.8 Å². The van der Waals surface area contributed by atoms with Crippen molar-refractivity contribution in [3.63, 3.8) is 0 Å². The third kappa shape index (κ3) is 4.87. The number of carboxylic acid groups (broad SMARTS) is 1. The van der Waals surface area contributed by atoms with Crippen molar-refractivity contribution in [2.75, 3.05) is 12.4 Å². The van der Waals surface area contributed by atoms with Gasteiger partial charge in [0.15, 0.2) is 16.3 Å². The molecule has 0 aliphatic rings. The Morgan fingerprint density at radius 1 is 1.31 bits per heavy atom. The molecule has 0 spiro atoms. The fourth-order valence-electron chi connectivity index (χ4n) is 2.70. The second kappa shape index (κ2) is 8.97. The topological polar surface area (TPSA) is 139 Å². The van der Waals surface area contributed by atoms with Gasteiger partial charge in [-0.1, -0.05) is 30.0 Å². The number of aromatic nitrogens is 4. The predicted molar refractivity (Wildman–Crippen MR) is 107 cm³/mol. The molecule has 154 valence electrons. The lowest BCUT2D eigenvalue weighted by Gasteiger charge is -2.15. The maximum atomic E-state index is 12.4. The van der Waals surface area contributed by atoms with E-state index in [-0.39, 0.29) is 36.5 Å². The summed E-state index contributed by atoms with van der Waals surface area (Å²) in [6.45, 7) is -0.0351. The van der Waals surface area contributed by atoms with Crippen LogP contribution in [0.2, 0.25) is 0 Å². The Labute approximate surface area is 168 Å². The Morgan fingerprint density at radius 3 is 2.72 bits per heavy atom. The molecule has 1 unspecified atom stereocenters. The average Bonchev–Trinajstić information content (AvgIpc) is 3.04. The van der Waals surface area contributed by atoms with Crippen molar-refractivity contribution in [1.29, 1.82) is 0 Å². The van der Waals surface area contributed by atoms with Gasteiger partial charge >= 0.3 is 11.7 Å². The maximum Gasteiger partial charge on any atom is 0.329 e. The number of nitrogens with zero attached hydrogens (tertiary/aromatic N) is 3. The van der Waals surface area contributed by atoms with Crippen molar-refractivity contribution in [2.45, 2.75) is 24.2 Å². The molecular formula is C18H20N4O6S. The lowest BCUT2D eigenvalue weighted by Crippen LogP contribution is -2.30. The molecule has 0 aliphatic heterocycles. The summed E-state index contributed by atoms with van der Waals surface area (Å²) in [5, 5.41) is 19.6. The number of fused-ring (bicyclic) bond motifs is 1. The Morgan fingerprint density at radius 2 is 2.03 bits per heavy atom. The number of para-hydroxylation sites is 1. The second-order valence-electron chi connectivity index (χ2n) is 6.27. The standard InChI is InChI=1S/C18H20N4O6S/c1-21-15-14(16(26)20-17(21)27)22(18(19-15)29-8-7-13(24)25)9-11(23)10-28-12-5-3-2-4-6-12/h2-6,11,23H,7-10H2,1H3,(H,24,25)(H,20,26,27). The molecule has 0 amide bonds. The normalized spacial score (nSPS) is 12.2. The Hall–Kier alpha value is -3.05. The Balaban J connectivity index is 1.88. The maximum absolute atomic E-state index is 12.4. The first-order chi connectivity index (χ1) is 13.9. The van der Waals surface area contributed by atoms with Crippen molar-refractivity contribution in [3.05, 3.63) is 51.2 Å². The van der Waals surface area contributed by atoms with E-state index in [0.29, 0.717) is 10.9 Å². The first-order valence-corrected chi connectivity index (χ1v) is 9.75. The van der Waals surface area contributed by atoms with Crippen LogP contribution in [0.3, 0.4) is 0 Å². The summed E-state index contributed by atoms with van der Waals surface area (Å²) in [5.41, 5.74) is -0.949. The number of aliphatic hydroxyl groups excluding tert-OH is 1. The van der Waals surface area contributed by atoms with Crippen LogP contribution in [0, 0.1) is 0 Å². The summed E-state index contributed by atoms with van der Waals surface area (Å²) in [5.74, 6) is -0.138. The van der Waals surface area contributed by atoms with E-state index in [9.17, 15) is 19.5 Å². The van der Waals surface area contributed by atoms with Crippen LogP contribution in [0.5, 0.6) is 5.75 Å². The van der Waals surface area contributed by atoms with Gasteiger partial charge in [-0.15, -0.1) is 0 Å². The third-order valence-electron chi connectivity index (χ3n) is 4.10. The van der Waals surface area contributed by atoms with Crippen LogP contribution in [0.4, 0.5) is 0 Å². The summed E-state index contributed by atoms with van der Waals surface area (Å²) in [6.07, 6.45) is -1.06. The highest BCUT2D eigenvalue weighted by molar-refractivity contribution is 7.99. The third-order valence-corrected chi connectivity index (χ3v) is 5.08. The van der Waals surface area contributed by atoms with Gasteiger partial charge < -0.3 is 19.5 Å². The molecular weight excluding hydrogens is 400 g/mol. The number of aryl methyl sites for hydroxylation is 1. The van der Waals surface area contributed by atoms with Crippen molar-refractivity contribution < 1.29 is 19.7 Å². The van der Waals surface area contributed by atoms with Crippen LogP contribution in [0.15, 0.2) is 45.1 Å². The Bertz CT molecular complexity index is 1120. The van der Waals surface area contributed by atoms with Gasteiger partial charge in [0.05, 0.1) is 13.0 Å². The molecule has 0 aliphatic carbocycles. The molecule has 3 rings (SSSR count). The molecule has 1 atom stereocenters. The molecule has 0 saturated heterocycles. The monoisotopic (exact) mass is 420 g/mol. The number of aliphatic hydroxyl groups is 1. The van der Waals surface area contributed by atoms with Crippen molar-refractivity contribution in [2.24, 2.45) is 7.05 Å². The van der Waals surface area contributed by atoms with Crippen LogP contribution in [0.1, 0.15) is 6.42 Å². The van der Waals surface area contributed by atoms with E-state index in [1.54, 1.807) is 12.1 Å². The Kier molecular flexibility index (Phi) is 6.39.